The Kier molecular flexibility index (Phi) is 4.27. The third-order valence-electron chi connectivity index (χ3n) is 3.65. The van der Waals surface area contributed by atoms with Crippen LogP contribution in [-0.4, -0.2) is 39.7 Å². The van der Waals surface area contributed by atoms with Gasteiger partial charge in [0.2, 0.25) is 0 Å². The number of benzene rings is 1. The molecule has 1 aliphatic rings. The molecule has 0 aliphatic carbocycles. The summed E-state index contributed by atoms with van der Waals surface area (Å²) in [6.45, 7) is 8.09. The van der Waals surface area contributed by atoms with Crippen LogP contribution in [0.4, 0.5) is 5.69 Å². The highest BCUT2D eigenvalue weighted by atomic mass is 15.4. The van der Waals surface area contributed by atoms with Crippen LogP contribution in [0.3, 0.4) is 0 Å². The molecule has 7 nitrogen and oxygen atoms in total. The van der Waals surface area contributed by atoms with Gasteiger partial charge in [0, 0.05) is 24.3 Å². The van der Waals surface area contributed by atoms with Gasteiger partial charge in [-0.1, -0.05) is 16.5 Å². The van der Waals surface area contributed by atoms with E-state index in [2.05, 4.69) is 63.9 Å². The number of nitrogens with zero attached hydrogens (tertiary/aromatic N) is 6. The molecular formula is C16H23N7. The molecule has 2 aromatic rings. The van der Waals surface area contributed by atoms with Gasteiger partial charge in [0.1, 0.15) is 0 Å². The fourth-order valence-corrected chi connectivity index (χ4v) is 2.51. The Labute approximate surface area is 136 Å². The van der Waals surface area contributed by atoms with Crippen molar-refractivity contribution >= 4 is 5.69 Å². The molecule has 1 aromatic carbocycles. The summed E-state index contributed by atoms with van der Waals surface area (Å²) >= 11 is 0. The van der Waals surface area contributed by atoms with E-state index in [9.17, 15) is 0 Å². The van der Waals surface area contributed by atoms with Gasteiger partial charge in [0.05, 0.1) is 24.1 Å². The van der Waals surface area contributed by atoms with Gasteiger partial charge in [-0.15, -0.1) is 5.10 Å². The first-order valence-corrected chi connectivity index (χ1v) is 7.90. The molecule has 3 rings (SSSR count). The summed E-state index contributed by atoms with van der Waals surface area (Å²) in [7, 11) is 0. The zero-order valence-electron chi connectivity index (χ0n) is 13.8. The van der Waals surface area contributed by atoms with E-state index in [0.717, 1.165) is 25.2 Å². The maximum absolute atomic E-state index is 4.40. The monoisotopic (exact) mass is 313 g/mol. The van der Waals surface area contributed by atoms with Gasteiger partial charge in [-0.2, -0.15) is 5.11 Å². The minimum absolute atomic E-state index is 0.0477. The van der Waals surface area contributed by atoms with Crippen LogP contribution in [0, 0.1) is 0 Å². The quantitative estimate of drug-likeness (QED) is 0.696. The first kappa shape index (κ1) is 15.5. The van der Waals surface area contributed by atoms with Crippen molar-refractivity contribution in [1.29, 1.82) is 0 Å². The van der Waals surface area contributed by atoms with Crippen molar-refractivity contribution in [2.24, 2.45) is 10.3 Å². The van der Waals surface area contributed by atoms with Gasteiger partial charge in [-0.25, -0.2) is 4.68 Å². The van der Waals surface area contributed by atoms with E-state index in [0.29, 0.717) is 0 Å². The van der Waals surface area contributed by atoms with Crippen LogP contribution in [0.25, 0.3) is 5.69 Å². The summed E-state index contributed by atoms with van der Waals surface area (Å²) < 4.78 is 1.77. The molecule has 0 unspecified atom stereocenters. The zero-order chi connectivity index (χ0) is 16.3. The zero-order valence-corrected chi connectivity index (χ0v) is 13.8. The first-order chi connectivity index (χ1) is 11.0. The first-order valence-electron chi connectivity index (χ1n) is 7.90. The average molecular weight is 313 g/mol. The lowest BCUT2D eigenvalue weighted by Gasteiger charge is -2.19. The van der Waals surface area contributed by atoms with Gasteiger partial charge < -0.3 is 4.90 Å². The Morgan fingerprint density at radius 3 is 2.83 bits per heavy atom. The normalized spacial score (nSPS) is 18.7. The molecule has 1 aliphatic heterocycles. The second-order valence-electron chi connectivity index (χ2n) is 6.83. The average Bonchev–Trinajstić information content (AvgIpc) is 3.18. The highest BCUT2D eigenvalue weighted by Crippen LogP contribution is 2.24. The van der Waals surface area contributed by atoms with Crippen molar-refractivity contribution in [3.05, 3.63) is 36.7 Å². The van der Waals surface area contributed by atoms with Crippen LogP contribution in [-0.2, 0) is 0 Å². The molecule has 1 atom stereocenters. The smallest absolute Gasteiger partial charge is 0.0920 e. The Bertz CT molecular complexity index is 657. The van der Waals surface area contributed by atoms with Gasteiger partial charge in [-0.05, 0) is 45.4 Å². The fourth-order valence-electron chi connectivity index (χ4n) is 2.51. The number of hydrogen-bond acceptors (Lipinski definition) is 5. The number of aromatic nitrogens is 3. The fraction of sp³-hybridized carbons (Fsp3) is 0.500. The molecule has 1 aromatic heterocycles. The molecule has 1 saturated heterocycles. The van der Waals surface area contributed by atoms with E-state index in [4.69, 9.17) is 0 Å². The predicted molar refractivity (Wildman–Crippen MR) is 89.7 cm³/mol. The van der Waals surface area contributed by atoms with Crippen molar-refractivity contribution in [2.75, 3.05) is 18.0 Å². The van der Waals surface area contributed by atoms with Crippen molar-refractivity contribution in [3.63, 3.8) is 0 Å². The van der Waals surface area contributed by atoms with E-state index in [1.54, 1.807) is 10.9 Å². The maximum Gasteiger partial charge on any atom is 0.0920 e. The number of anilines is 1. The minimum Gasteiger partial charge on any atom is -0.369 e. The second kappa shape index (κ2) is 6.36. The predicted octanol–water partition coefficient (Wildman–Crippen LogP) is 2.60. The number of rotatable bonds is 4. The van der Waals surface area contributed by atoms with Gasteiger partial charge >= 0.3 is 0 Å². The highest BCUT2D eigenvalue weighted by molar-refractivity contribution is 5.53. The Morgan fingerprint density at radius 1 is 1.26 bits per heavy atom. The molecule has 0 bridgehead atoms. The largest absolute Gasteiger partial charge is 0.369 e. The van der Waals surface area contributed by atoms with Crippen molar-refractivity contribution in [3.8, 4) is 5.69 Å². The van der Waals surface area contributed by atoms with Crippen LogP contribution in [0.2, 0.25) is 0 Å². The van der Waals surface area contributed by atoms with Gasteiger partial charge in [-0.3, -0.25) is 5.43 Å². The van der Waals surface area contributed by atoms with Crippen LogP contribution in [0.15, 0.2) is 47.0 Å². The molecule has 1 fully saturated rings. The van der Waals surface area contributed by atoms with Crippen LogP contribution in [0.1, 0.15) is 27.2 Å². The lowest BCUT2D eigenvalue weighted by atomic mass is 10.1. The third-order valence-corrected chi connectivity index (χ3v) is 3.65. The second-order valence-corrected chi connectivity index (χ2v) is 6.83. The van der Waals surface area contributed by atoms with Gasteiger partial charge in [0.25, 0.3) is 0 Å². The highest BCUT2D eigenvalue weighted by Gasteiger charge is 2.23. The van der Waals surface area contributed by atoms with E-state index >= 15 is 0 Å². The van der Waals surface area contributed by atoms with E-state index in [1.165, 1.54) is 5.69 Å². The number of nitrogens with one attached hydrogen (secondary N) is 1. The number of hydrogen-bond donors (Lipinski definition) is 1. The molecule has 2 heterocycles. The minimum atomic E-state index is -0.0477. The Morgan fingerprint density at radius 2 is 2.09 bits per heavy atom. The standard InChI is InChI=1S/C16H23N7/c1-16(2,3)19-20-18-13-7-9-22(12-13)14-5-4-6-15(11-14)23-10-8-17-21-23/h4-6,8,10-11,13H,7,9,12H2,1-3H3,(H,18,19)/t13-/m1/s1. The molecule has 0 saturated carbocycles. The lowest BCUT2D eigenvalue weighted by molar-refractivity contribution is 0.416. The molecule has 122 valence electrons. The van der Waals surface area contributed by atoms with Crippen molar-refractivity contribution in [1.82, 2.24) is 20.4 Å². The van der Waals surface area contributed by atoms with E-state index in [1.807, 2.05) is 18.3 Å². The summed E-state index contributed by atoms with van der Waals surface area (Å²) in [6, 6.07) is 8.55. The molecule has 0 amide bonds. The molecule has 0 radical (unpaired) electrons. The Hall–Kier alpha value is -2.44. The van der Waals surface area contributed by atoms with Crippen LogP contribution in [0.5, 0.6) is 0 Å². The summed E-state index contributed by atoms with van der Waals surface area (Å²) in [4.78, 5) is 2.33. The van der Waals surface area contributed by atoms with E-state index < -0.39 is 0 Å². The maximum atomic E-state index is 4.40. The van der Waals surface area contributed by atoms with Crippen molar-refractivity contribution in [2.45, 2.75) is 38.8 Å². The molecular weight excluding hydrogens is 290 g/mol. The molecule has 0 spiro atoms. The SMILES string of the molecule is CC(C)(C)NN=N[C@@H]1CCN(c2cccc(-n3ccnn3)c2)C1. The molecule has 1 N–H and O–H groups in total. The topological polar surface area (TPSA) is 70.7 Å². The third kappa shape index (κ3) is 4.06. The molecule has 7 heteroatoms. The Balaban J connectivity index is 1.64. The lowest BCUT2D eigenvalue weighted by Crippen LogP contribution is -2.31. The molecule has 23 heavy (non-hydrogen) atoms. The summed E-state index contributed by atoms with van der Waals surface area (Å²) in [5.74, 6) is 0. The van der Waals surface area contributed by atoms with Crippen LogP contribution < -0.4 is 10.3 Å². The van der Waals surface area contributed by atoms with Crippen molar-refractivity contribution < 1.29 is 0 Å². The summed E-state index contributed by atoms with van der Waals surface area (Å²) in [6.07, 6.45) is 4.54. The van der Waals surface area contributed by atoms with E-state index in [-0.39, 0.29) is 11.6 Å². The van der Waals surface area contributed by atoms with Crippen LogP contribution >= 0.6 is 0 Å². The summed E-state index contributed by atoms with van der Waals surface area (Å²) in [5.41, 5.74) is 5.20. The van der Waals surface area contributed by atoms with Gasteiger partial charge in [0.15, 0.2) is 0 Å². The summed E-state index contributed by atoms with van der Waals surface area (Å²) in [5, 5.41) is 16.4.